The van der Waals surface area contributed by atoms with Gasteiger partial charge in [0.15, 0.2) is 0 Å². The summed E-state index contributed by atoms with van der Waals surface area (Å²) in [6, 6.07) is 8.25. The zero-order chi connectivity index (χ0) is 15.4. The summed E-state index contributed by atoms with van der Waals surface area (Å²) in [5.74, 6) is -1.77. The average Bonchev–Trinajstić information content (AvgIpc) is 2.43. The first-order valence-electron chi connectivity index (χ1n) is 6.72. The highest BCUT2D eigenvalue weighted by molar-refractivity contribution is 5.64. The van der Waals surface area contributed by atoms with Gasteiger partial charge < -0.3 is 10.2 Å². The van der Waals surface area contributed by atoms with Crippen LogP contribution in [0.25, 0.3) is 0 Å². The molecule has 0 heterocycles. The Morgan fingerprint density at radius 3 is 2.24 bits per heavy atom. The van der Waals surface area contributed by atoms with E-state index in [0.29, 0.717) is 24.3 Å². The van der Waals surface area contributed by atoms with E-state index in [1.54, 1.807) is 20.0 Å². The molecule has 0 aliphatic carbocycles. The van der Waals surface area contributed by atoms with Gasteiger partial charge in [-0.15, -0.1) is 0 Å². The van der Waals surface area contributed by atoms with E-state index in [0.717, 1.165) is 0 Å². The maximum Gasteiger partial charge on any atom is 0.150 e. The molecular formula is C16H17F3N2. The zero-order valence-electron chi connectivity index (χ0n) is 12.0. The minimum Gasteiger partial charge on any atom is -0.337 e. The number of nitrogens with one attached hydrogen (secondary N) is 1. The zero-order valence-corrected chi connectivity index (χ0v) is 12.0. The summed E-state index contributed by atoms with van der Waals surface area (Å²) in [5.41, 5.74) is 0.770. The second-order valence-corrected chi connectivity index (χ2v) is 4.66. The number of halogens is 3. The number of rotatable bonds is 5. The maximum absolute atomic E-state index is 14.3. The second kappa shape index (κ2) is 6.63. The Kier molecular flexibility index (Phi) is 4.85. The first-order chi connectivity index (χ1) is 10.1. The Morgan fingerprint density at radius 1 is 1.05 bits per heavy atom. The lowest BCUT2D eigenvalue weighted by Gasteiger charge is -2.24. The molecular weight excluding hydrogens is 277 g/mol. The van der Waals surface area contributed by atoms with Gasteiger partial charge in [0, 0.05) is 18.8 Å². The number of hydrogen-bond acceptors (Lipinski definition) is 2. The Hall–Kier alpha value is -2.01. The van der Waals surface area contributed by atoms with Gasteiger partial charge in [-0.2, -0.15) is 0 Å². The van der Waals surface area contributed by atoms with E-state index in [1.807, 2.05) is 0 Å². The summed E-state index contributed by atoms with van der Waals surface area (Å²) in [6.45, 7) is 2.45. The molecule has 0 spiro atoms. The van der Waals surface area contributed by atoms with Gasteiger partial charge in [-0.05, 0) is 49.9 Å². The van der Waals surface area contributed by atoms with Crippen molar-refractivity contribution in [2.45, 2.75) is 13.5 Å². The Bertz CT molecular complexity index is 606. The van der Waals surface area contributed by atoms with Crippen molar-refractivity contribution in [2.24, 2.45) is 0 Å². The van der Waals surface area contributed by atoms with Crippen molar-refractivity contribution in [3.8, 4) is 0 Å². The third-order valence-corrected chi connectivity index (χ3v) is 3.16. The van der Waals surface area contributed by atoms with E-state index in [4.69, 9.17) is 0 Å². The highest BCUT2D eigenvalue weighted by atomic mass is 19.1. The fourth-order valence-electron chi connectivity index (χ4n) is 2.30. The van der Waals surface area contributed by atoms with Crippen LogP contribution in [-0.4, -0.2) is 13.6 Å². The van der Waals surface area contributed by atoms with Gasteiger partial charge in [0.05, 0.1) is 0 Å². The van der Waals surface area contributed by atoms with E-state index in [-0.39, 0.29) is 5.69 Å². The van der Waals surface area contributed by atoms with Crippen LogP contribution >= 0.6 is 0 Å². The largest absolute Gasteiger partial charge is 0.337 e. The summed E-state index contributed by atoms with van der Waals surface area (Å²) in [4.78, 5) is 1.41. The Labute approximate surface area is 122 Å². The standard InChI is InChI=1S/C16H17F3N2/c1-3-21(13-6-4-5-12(17)9-13)16-14(18)7-11(10-20-2)8-15(16)19/h4-9,20H,3,10H2,1-2H3. The van der Waals surface area contributed by atoms with Crippen LogP contribution in [0.4, 0.5) is 24.5 Å². The quantitative estimate of drug-likeness (QED) is 0.897. The van der Waals surface area contributed by atoms with Crippen molar-refractivity contribution in [3.05, 3.63) is 59.4 Å². The second-order valence-electron chi connectivity index (χ2n) is 4.66. The average molecular weight is 294 g/mol. The van der Waals surface area contributed by atoms with Gasteiger partial charge >= 0.3 is 0 Å². The third-order valence-electron chi connectivity index (χ3n) is 3.16. The van der Waals surface area contributed by atoms with Crippen LogP contribution in [0.15, 0.2) is 36.4 Å². The maximum atomic E-state index is 14.3. The van der Waals surface area contributed by atoms with Crippen LogP contribution in [0, 0.1) is 17.5 Å². The van der Waals surface area contributed by atoms with E-state index in [2.05, 4.69) is 5.32 Å². The molecule has 0 aromatic heterocycles. The summed E-state index contributed by atoms with van der Waals surface area (Å²) in [6.07, 6.45) is 0. The van der Waals surface area contributed by atoms with Gasteiger partial charge in [-0.25, -0.2) is 13.2 Å². The van der Waals surface area contributed by atoms with Gasteiger partial charge in [-0.3, -0.25) is 0 Å². The highest BCUT2D eigenvalue weighted by Gasteiger charge is 2.18. The predicted molar refractivity (Wildman–Crippen MR) is 78.2 cm³/mol. The van der Waals surface area contributed by atoms with E-state index in [1.165, 1.54) is 35.2 Å². The van der Waals surface area contributed by atoms with E-state index >= 15 is 0 Å². The lowest BCUT2D eigenvalue weighted by atomic mass is 10.1. The van der Waals surface area contributed by atoms with Crippen molar-refractivity contribution in [3.63, 3.8) is 0 Å². The van der Waals surface area contributed by atoms with E-state index < -0.39 is 17.5 Å². The van der Waals surface area contributed by atoms with Crippen LogP contribution in [0.2, 0.25) is 0 Å². The van der Waals surface area contributed by atoms with Crippen LogP contribution in [0.1, 0.15) is 12.5 Å². The summed E-state index contributed by atoms with van der Waals surface area (Å²) in [5, 5.41) is 2.84. The molecule has 2 nitrogen and oxygen atoms in total. The molecule has 0 radical (unpaired) electrons. The molecule has 0 fully saturated rings. The van der Waals surface area contributed by atoms with Crippen LogP contribution in [0.5, 0.6) is 0 Å². The summed E-state index contributed by atoms with van der Waals surface area (Å²) < 4.78 is 41.8. The number of benzene rings is 2. The van der Waals surface area contributed by atoms with Crippen molar-refractivity contribution in [1.82, 2.24) is 5.32 Å². The third kappa shape index (κ3) is 3.36. The minimum absolute atomic E-state index is 0.164. The molecule has 0 saturated heterocycles. The molecule has 2 aromatic carbocycles. The Morgan fingerprint density at radius 2 is 1.71 bits per heavy atom. The molecule has 0 saturated carbocycles. The summed E-state index contributed by atoms with van der Waals surface area (Å²) in [7, 11) is 1.70. The molecule has 0 unspecified atom stereocenters. The van der Waals surface area contributed by atoms with Crippen molar-refractivity contribution in [2.75, 3.05) is 18.5 Å². The topological polar surface area (TPSA) is 15.3 Å². The number of hydrogen-bond donors (Lipinski definition) is 1. The molecule has 0 aliphatic rings. The monoisotopic (exact) mass is 294 g/mol. The van der Waals surface area contributed by atoms with Gasteiger partial charge in [0.1, 0.15) is 23.1 Å². The van der Waals surface area contributed by atoms with Crippen molar-refractivity contribution >= 4 is 11.4 Å². The molecule has 1 N–H and O–H groups in total. The number of anilines is 2. The highest BCUT2D eigenvalue weighted by Crippen LogP contribution is 2.31. The molecule has 21 heavy (non-hydrogen) atoms. The van der Waals surface area contributed by atoms with E-state index in [9.17, 15) is 13.2 Å². The molecule has 0 amide bonds. The smallest absolute Gasteiger partial charge is 0.150 e. The predicted octanol–water partition coefficient (Wildman–Crippen LogP) is 3.98. The lowest BCUT2D eigenvalue weighted by molar-refractivity contribution is 0.575. The SMILES string of the molecule is CCN(c1cccc(F)c1)c1c(F)cc(CNC)cc1F. The first-order valence-corrected chi connectivity index (χ1v) is 6.72. The molecule has 2 rings (SSSR count). The van der Waals surface area contributed by atoms with Gasteiger partial charge in [0.25, 0.3) is 0 Å². The molecule has 0 bridgehead atoms. The normalized spacial score (nSPS) is 10.7. The van der Waals surface area contributed by atoms with Crippen LogP contribution in [0.3, 0.4) is 0 Å². The minimum atomic E-state index is -0.661. The lowest BCUT2D eigenvalue weighted by Crippen LogP contribution is -2.19. The van der Waals surface area contributed by atoms with Crippen molar-refractivity contribution < 1.29 is 13.2 Å². The molecule has 112 valence electrons. The number of nitrogens with zero attached hydrogens (tertiary/aromatic N) is 1. The van der Waals surface area contributed by atoms with Gasteiger partial charge in [-0.1, -0.05) is 6.07 Å². The summed E-state index contributed by atoms with van der Waals surface area (Å²) >= 11 is 0. The van der Waals surface area contributed by atoms with Crippen LogP contribution < -0.4 is 10.2 Å². The molecule has 0 aliphatic heterocycles. The Balaban J connectivity index is 2.47. The fourth-order valence-corrected chi connectivity index (χ4v) is 2.30. The molecule has 0 atom stereocenters. The van der Waals surface area contributed by atoms with Gasteiger partial charge in [0.2, 0.25) is 0 Å². The van der Waals surface area contributed by atoms with Crippen LogP contribution in [-0.2, 0) is 6.54 Å². The first kappa shape index (κ1) is 15.4. The molecule has 5 heteroatoms. The molecule has 2 aromatic rings. The van der Waals surface area contributed by atoms with Crippen molar-refractivity contribution in [1.29, 1.82) is 0 Å². The fraction of sp³-hybridized carbons (Fsp3) is 0.250.